The Morgan fingerprint density at radius 3 is 2.45 bits per heavy atom. The summed E-state index contributed by atoms with van der Waals surface area (Å²) in [6.07, 6.45) is 4.68. The summed E-state index contributed by atoms with van der Waals surface area (Å²) < 4.78 is 0. The van der Waals surface area contributed by atoms with E-state index in [0.717, 1.165) is 25.9 Å². The molecule has 1 fully saturated rings. The summed E-state index contributed by atoms with van der Waals surface area (Å²) in [4.78, 5) is 0. The van der Waals surface area contributed by atoms with Crippen LogP contribution < -0.4 is 5.32 Å². The van der Waals surface area contributed by atoms with Crippen molar-refractivity contribution in [3.8, 4) is 0 Å². The lowest BCUT2D eigenvalue weighted by Crippen LogP contribution is -2.39. The van der Waals surface area contributed by atoms with Crippen molar-refractivity contribution in [3.63, 3.8) is 0 Å². The summed E-state index contributed by atoms with van der Waals surface area (Å²) in [6, 6.07) is 0. The third-order valence-electron chi connectivity index (χ3n) is 2.78. The number of nitrogens with one attached hydrogen (secondary N) is 1. The molecule has 2 N–H and O–H groups in total. The fraction of sp³-hybridized carbons (Fsp3) is 1.00. The number of hydrogen-bond acceptors (Lipinski definition) is 2. The molecule has 66 valence electrons. The molecular formula is C9H19NO. The van der Waals surface area contributed by atoms with Crippen LogP contribution in [0.2, 0.25) is 0 Å². The van der Waals surface area contributed by atoms with E-state index in [1.54, 1.807) is 0 Å². The minimum absolute atomic E-state index is 0.264. The van der Waals surface area contributed by atoms with Crippen LogP contribution in [-0.2, 0) is 0 Å². The summed E-state index contributed by atoms with van der Waals surface area (Å²) in [5.41, 5.74) is 0.264. The molecule has 0 atom stereocenters. The lowest BCUT2D eigenvalue weighted by molar-refractivity contribution is 0.0795. The SMILES string of the molecule is CCCC1(CO)CCNCC1. The first-order valence-electron chi connectivity index (χ1n) is 4.64. The molecule has 0 amide bonds. The zero-order chi connectivity index (χ0) is 8.16. The van der Waals surface area contributed by atoms with E-state index < -0.39 is 0 Å². The summed E-state index contributed by atoms with van der Waals surface area (Å²) in [7, 11) is 0. The van der Waals surface area contributed by atoms with Gasteiger partial charge >= 0.3 is 0 Å². The van der Waals surface area contributed by atoms with E-state index in [-0.39, 0.29) is 5.41 Å². The lowest BCUT2D eigenvalue weighted by atomic mass is 9.76. The van der Waals surface area contributed by atoms with Crippen molar-refractivity contribution in [3.05, 3.63) is 0 Å². The van der Waals surface area contributed by atoms with Gasteiger partial charge in [0, 0.05) is 6.61 Å². The first-order valence-corrected chi connectivity index (χ1v) is 4.64. The van der Waals surface area contributed by atoms with Crippen molar-refractivity contribution in [2.24, 2.45) is 5.41 Å². The molecule has 0 unspecified atom stereocenters. The molecule has 0 radical (unpaired) electrons. The minimum atomic E-state index is 0.264. The van der Waals surface area contributed by atoms with Crippen LogP contribution in [0.3, 0.4) is 0 Å². The van der Waals surface area contributed by atoms with Crippen LogP contribution in [-0.4, -0.2) is 24.8 Å². The third-order valence-corrected chi connectivity index (χ3v) is 2.78. The quantitative estimate of drug-likeness (QED) is 0.644. The first kappa shape index (κ1) is 9.01. The van der Waals surface area contributed by atoms with Gasteiger partial charge in [-0.05, 0) is 37.8 Å². The average molecular weight is 157 g/mol. The normalized spacial score (nSPS) is 23.5. The number of rotatable bonds is 3. The molecule has 1 rings (SSSR count). The van der Waals surface area contributed by atoms with Gasteiger partial charge in [-0.15, -0.1) is 0 Å². The van der Waals surface area contributed by atoms with Gasteiger partial charge in [-0.1, -0.05) is 13.3 Å². The molecule has 0 saturated carbocycles. The van der Waals surface area contributed by atoms with E-state index in [1.807, 2.05) is 0 Å². The van der Waals surface area contributed by atoms with Gasteiger partial charge in [0.05, 0.1) is 0 Å². The van der Waals surface area contributed by atoms with Gasteiger partial charge in [-0.25, -0.2) is 0 Å². The highest BCUT2D eigenvalue weighted by molar-refractivity contribution is 4.83. The van der Waals surface area contributed by atoms with Crippen LogP contribution in [0, 0.1) is 5.41 Å². The van der Waals surface area contributed by atoms with Crippen molar-refractivity contribution in [1.82, 2.24) is 5.32 Å². The second-order valence-corrected chi connectivity index (χ2v) is 3.66. The Hall–Kier alpha value is -0.0800. The molecule has 0 bridgehead atoms. The van der Waals surface area contributed by atoms with Crippen LogP contribution in [0.15, 0.2) is 0 Å². The molecule has 2 nitrogen and oxygen atoms in total. The zero-order valence-corrected chi connectivity index (χ0v) is 7.40. The van der Waals surface area contributed by atoms with Crippen LogP contribution in [0.5, 0.6) is 0 Å². The van der Waals surface area contributed by atoms with Gasteiger partial charge in [0.2, 0.25) is 0 Å². The van der Waals surface area contributed by atoms with Crippen molar-refractivity contribution in [2.75, 3.05) is 19.7 Å². The maximum atomic E-state index is 9.24. The highest BCUT2D eigenvalue weighted by atomic mass is 16.3. The molecule has 0 aromatic heterocycles. The average Bonchev–Trinajstić information content (AvgIpc) is 2.07. The number of piperidine rings is 1. The second kappa shape index (κ2) is 4.07. The molecule has 1 saturated heterocycles. The first-order chi connectivity index (χ1) is 5.33. The van der Waals surface area contributed by atoms with Crippen LogP contribution in [0.25, 0.3) is 0 Å². The van der Waals surface area contributed by atoms with Crippen LogP contribution >= 0.6 is 0 Å². The highest BCUT2D eigenvalue weighted by Crippen LogP contribution is 2.32. The molecule has 0 spiro atoms. The molecule has 1 aliphatic heterocycles. The van der Waals surface area contributed by atoms with Crippen molar-refractivity contribution >= 4 is 0 Å². The van der Waals surface area contributed by atoms with Crippen LogP contribution in [0.1, 0.15) is 32.6 Å². The smallest absolute Gasteiger partial charge is 0.0488 e. The maximum absolute atomic E-state index is 9.24. The number of aliphatic hydroxyl groups excluding tert-OH is 1. The molecule has 0 aromatic rings. The lowest BCUT2D eigenvalue weighted by Gasteiger charge is -2.35. The monoisotopic (exact) mass is 157 g/mol. The number of aliphatic hydroxyl groups is 1. The van der Waals surface area contributed by atoms with E-state index in [1.165, 1.54) is 12.8 Å². The molecule has 2 heteroatoms. The number of hydrogen-bond donors (Lipinski definition) is 2. The van der Waals surface area contributed by atoms with Gasteiger partial charge in [-0.2, -0.15) is 0 Å². The molecular weight excluding hydrogens is 138 g/mol. The Morgan fingerprint density at radius 2 is 2.00 bits per heavy atom. The molecule has 0 aromatic carbocycles. The van der Waals surface area contributed by atoms with Crippen LogP contribution in [0.4, 0.5) is 0 Å². The molecule has 1 aliphatic rings. The minimum Gasteiger partial charge on any atom is -0.396 e. The van der Waals surface area contributed by atoms with Gasteiger partial charge in [0.15, 0.2) is 0 Å². The van der Waals surface area contributed by atoms with Crippen molar-refractivity contribution in [2.45, 2.75) is 32.6 Å². The maximum Gasteiger partial charge on any atom is 0.0488 e. The summed E-state index contributed by atoms with van der Waals surface area (Å²) >= 11 is 0. The summed E-state index contributed by atoms with van der Waals surface area (Å²) in [6.45, 7) is 4.74. The van der Waals surface area contributed by atoms with Crippen molar-refractivity contribution < 1.29 is 5.11 Å². The Kier molecular flexibility index (Phi) is 3.34. The van der Waals surface area contributed by atoms with Gasteiger partial charge in [0.25, 0.3) is 0 Å². The Bertz CT molecular complexity index is 103. The third kappa shape index (κ3) is 2.17. The summed E-state index contributed by atoms with van der Waals surface area (Å²) in [5.74, 6) is 0. The Morgan fingerprint density at radius 1 is 1.36 bits per heavy atom. The van der Waals surface area contributed by atoms with E-state index in [9.17, 15) is 5.11 Å². The standard InChI is InChI=1S/C9H19NO/c1-2-3-9(8-11)4-6-10-7-5-9/h10-11H,2-8H2,1H3. The summed E-state index contributed by atoms with van der Waals surface area (Å²) in [5, 5.41) is 12.6. The fourth-order valence-corrected chi connectivity index (χ4v) is 1.97. The molecule has 0 aliphatic carbocycles. The van der Waals surface area contributed by atoms with Crippen molar-refractivity contribution in [1.29, 1.82) is 0 Å². The molecule has 11 heavy (non-hydrogen) atoms. The van der Waals surface area contributed by atoms with Gasteiger partial charge < -0.3 is 10.4 Å². The van der Waals surface area contributed by atoms with E-state index in [0.29, 0.717) is 6.61 Å². The van der Waals surface area contributed by atoms with E-state index >= 15 is 0 Å². The second-order valence-electron chi connectivity index (χ2n) is 3.66. The van der Waals surface area contributed by atoms with E-state index in [4.69, 9.17) is 0 Å². The van der Waals surface area contributed by atoms with Gasteiger partial charge in [-0.3, -0.25) is 0 Å². The predicted molar refractivity (Wildman–Crippen MR) is 46.5 cm³/mol. The Balaban J connectivity index is 2.42. The van der Waals surface area contributed by atoms with Gasteiger partial charge in [0.1, 0.15) is 0 Å². The predicted octanol–water partition coefficient (Wildman–Crippen LogP) is 1.15. The zero-order valence-electron chi connectivity index (χ0n) is 7.40. The molecule has 1 heterocycles. The fourth-order valence-electron chi connectivity index (χ4n) is 1.97. The largest absolute Gasteiger partial charge is 0.396 e. The topological polar surface area (TPSA) is 32.3 Å². The van der Waals surface area contributed by atoms with E-state index in [2.05, 4.69) is 12.2 Å². The highest BCUT2D eigenvalue weighted by Gasteiger charge is 2.29. The Labute approximate surface area is 69.0 Å².